The molecule has 0 bridgehead atoms. The summed E-state index contributed by atoms with van der Waals surface area (Å²) in [7, 11) is 0. The van der Waals surface area contributed by atoms with Gasteiger partial charge in [0.1, 0.15) is 12.6 Å². The second-order valence-electron chi connectivity index (χ2n) is 9.01. The van der Waals surface area contributed by atoms with Crippen molar-refractivity contribution in [1.29, 1.82) is 0 Å². The summed E-state index contributed by atoms with van der Waals surface area (Å²) in [6.07, 6.45) is -0.148. The standard InChI is InChI=1S/C26H30N2O5/c1-3-23(25(31)28-13-16(2)17(14-28)12-24(29)30)27-26(32)33-15-22-20-10-6-4-8-18(20)19-9-5-7-11-21(19)22/h4-11,16-17,22-23H,3,12-15H2,1-2H3,(H,27,32)(H,29,30)/t16-,17-,23+/m1/s1. The van der Waals surface area contributed by atoms with Gasteiger partial charge in [-0.15, -0.1) is 0 Å². The van der Waals surface area contributed by atoms with Crippen molar-refractivity contribution in [2.24, 2.45) is 11.8 Å². The van der Waals surface area contributed by atoms with Crippen molar-refractivity contribution >= 4 is 18.0 Å². The number of nitrogens with zero attached hydrogens (tertiary/aromatic N) is 1. The Bertz CT molecular complexity index is 1010. The van der Waals surface area contributed by atoms with Crippen LogP contribution >= 0.6 is 0 Å². The Balaban J connectivity index is 1.37. The van der Waals surface area contributed by atoms with E-state index in [0.29, 0.717) is 19.5 Å². The number of carboxylic acids is 1. The molecule has 0 aromatic heterocycles. The predicted molar refractivity (Wildman–Crippen MR) is 124 cm³/mol. The third-order valence-corrected chi connectivity index (χ3v) is 6.86. The van der Waals surface area contributed by atoms with E-state index < -0.39 is 18.1 Å². The Morgan fingerprint density at radius 1 is 1.06 bits per heavy atom. The first-order valence-electron chi connectivity index (χ1n) is 11.5. The summed E-state index contributed by atoms with van der Waals surface area (Å²) in [5, 5.41) is 11.8. The third kappa shape index (κ3) is 4.72. The van der Waals surface area contributed by atoms with E-state index >= 15 is 0 Å². The molecule has 0 saturated carbocycles. The Hall–Kier alpha value is -3.35. The lowest BCUT2D eigenvalue weighted by Crippen LogP contribution is -2.48. The van der Waals surface area contributed by atoms with E-state index in [1.165, 1.54) is 0 Å². The number of ether oxygens (including phenoxy) is 1. The van der Waals surface area contributed by atoms with Crippen LogP contribution in [-0.4, -0.2) is 53.7 Å². The quantitative estimate of drug-likeness (QED) is 0.668. The van der Waals surface area contributed by atoms with Crippen LogP contribution in [0.4, 0.5) is 4.79 Å². The number of nitrogens with one attached hydrogen (secondary N) is 1. The van der Waals surface area contributed by atoms with Gasteiger partial charge in [0.05, 0.1) is 6.42 Å². The van der Waals surface area contributed by atoms with Crippen molar-refractivity contribution in [3.63, 3.8) is 0 Å². The minimum Gasteiger partial charge on any atom is -0.481 e. The van der Waals surface area contributed by atoms with E-state index in [4.69, 9.17) is 9.84 Å². The fraction of sp³-hybridized carbons (Fsp3) is 0.423. The van der Waals surface area contributed by atoms with Crippen LogP contribution in [0.25, 0.3) is 11.1 Å². The zero-order valence-electron chi connectivity index (χ0n) is 19.0. The van der Waals surface area contributed by atoms with Crippen LogP contribution in [0.2, 0.25) is 0 Å². The molecular weight excluding hydrogens is 420 g/mol. The molecule has 1 aliphatic carbocycles. The number of fused-ring (bicyclic) bond motifs is 3. The molecule has 7 heteroatoms. The summed E-state index contributed by atoms with van der Waals surface area (Å²) in [6, 6.07) is 15.5. The maximum Gasteiger partial charge on any atom is 0.407 e. The molecule has 174 valence electrons. The van der Waals surface area contributed by atoms with E-state index in [2.05, 4.69) is 29.6 Å². The Morgan fingerprint density at radius 2 is 1.67 bits per heavy atom. The summed E-state index contributed by atoms with van der Waals surface area (Å²) in [6.45, 7) is 4.88. The second-order valence-corrected chi connectivity index (χ2v) is 9.01. The van der Waals surface area contributed by atoms with Crippen LogP contribution < -0.4 is 5.32 Å². The van der Waals surface area contributed by atoms with E-state index in [1.54, 1.807) is 4.90 Å². The molecule has 1 saturated heterocycles. The van der Waals surface area contributed by atoms with Gasteiger partial charge in [-0.05, 0) is 40.5 Å². The number of aliphatic carboxylic acids is 1. The van der Waals surface area contributed by atoms with Gasteiger partial charge in [0.15, 0.2) is 0 Å². The summed E-state index contributed by atoms with van der Waals surface area (Å²) in [5.41, 5.74) is 4.57. The first-order chi connectivity index (χ1) is 15.9. The molecule has 4 rings (SSSR count). The largest absolute Gasteiger partial charge is 0.481 e. The number of hydrogen-bond acceptors (Lipinski definition) is 4. The second kappa shape index (κ2) is 9.65. The summed E-state index contributed by atoms with van der Waals surface area (Å²) in [4.78, 5) is 38.3. The first kappa shape index (κ1) is 22.8. The highest BCUT2D eigenvalue weighted by atomic mass is 16.5. The smallest absolute Gasteiger partial charge is 0.407 e. The summed E-state index contributed by atoms with van der Waals surface area (Å²) < 4.78 is 5.58. The number of rotatable bonds is 7. The lowest BCUT2D eigenvalue weighted by atomic mass is 9.95. The molecule has 2 amide bonds. The van der Waals surface area contributed by atoms with Crippen molar-refractivity contribution < 1.29 is 24.2 Å². The number of likely N-dealkylation sites (tertiary alicyclic amines) is 1. The Kier molecular flexibility index (Phi) is 6.67. The normalized spacial score (nSPS) is 20.1. The number of benzene rings is 2. The fourth-order valence-corrected chi connectivity index (χ4v) is 5.05. The molecular formula is C26H30N2O5. The number of amides is 2. The molecule has 33 heavy (non-hydrogen) atoms. The molecule has 0 radical (unpaired) electrons. The molecule has 3 atom stereocenters. The van der Waals surface area contributed by atoms with Crippen LogP contribution in [0, 0.1) is 11.8 Å². The maximum atomic E-state index is 13.0. The molecule has 2 aromatic rings. The van der Waals surface area contributed by atoms with Crippen LogP contribution in [0.1, 0.15) is 43.7 Å². The van der Waals surface area contributed by atoms with Gasteiger partial charge in [0, 0.05) is 19.0 Å². The highest BCUT2D eigenvalue weighted by molar-refractivity contribution is 5.86. The molecule has 1 fully saturated rings. The molecule has 2 N–H and O–H groups in total. The van der Waals surface area contributed by atoms with Crippen molar-refractivity contribution in [2.75, 3.05) is 19.7 Å². The lowest BCUT2D eigenvalue weighted by molar-refractivity contribution is -0.138. The molecule has 2 aliphatic rings. The average molecular weight is 451 g/mol. The van der Waals surface area contributed by atoms with E-state index in [9.17, 15) is 14.4 Å². The number of carboxylic acid groups (broad SMARTS) is 1. The molecule has 1 aliphatic heterocycles. The van der Waals surface area contributed by atoms with Gasteiger partial charge < -0.3 is 20.1 Å². The van der Waals surface area contributed by atoms with Gasteiger partial charge >= 0.3 is 12.1 Å². The van der Waals surface area contributed by atoms with E-state index in [1.807, 2.05) is 38.1 Å². The monoisotopic (exact) mass is 450 g/mol. The van der Waals surface area contributed by atoms with Crippen LogP contribution in [0.15, 0.2) is 48.5 Å². The number of alkyl carbamates (subject to hydrolysis) is 1. The average Bonchev–Trinajstić information content (AvgIpc) is 3.33. The van der Waals surface area contributed by atoms with Crippen LogP contribution in [-0.2, 0) is 14.3 Å². The third-order valence-electron chi connectivity index (χ3n) is 6.86. The van der Waals surface area contributed by atoms with Gasteiger partial charge in [-0.1, -0.05) is 62.4 Å². The maximum absolute atomic E-state index is 13.0. The van der Waals surface area contributed by atoms with Gasteiger partial charge in [-0.25, -0.2) is 4.79 Å². The zero-order valence-corrected chi connectivity index (χ0v) is 19.0. The Morgan fingerprint density at radius 3 is 2.24 bits per heavy atom. The fourth-order valence-electron chi connectivity index (χ4n) is 5.05. The van der Waals surface area contributed by atoms with Crippen molar-refractivity contribution in [3.8, 4) is 11.1 Å². The number of carbonyl (C=O) groups excluding carboxylic acids is 2. The van der Waals surface area contributed by atoms with Crippen molar-refractivity contribution in [1.82, 2.24) is 10.2 Å². The first-order valence-corrected chi connectivity index (χ1v) is 11.5. The topological polar surface area (TPSA) is 95.9 Å². The molecule has 0 spiro atoms. The molecule has 0 unspecified atom stereocenters. The molecule has 7 nitrogen and oxygen atoms in total. The number of hydrogen-bond donors (Lipinski definition) is 2. The van der Waals surface area contributed by atoms with Crippen LogP contribution in [0.5, 0.6) is 0 Å². The minimum atomic E-state index is -0.857. The van der Waals surface area contributed by atoms with Crippen LogP contribution in [0.3, 0.4) is 0 Å². The SMILES string of the molecule is CC[C@H](NC(=O)OCC1c2ccccc2-c2ccccc21)C(=O)N1C[C@@H](CC(=O)O)[C@H](C)C1. The van der Waals surface area contributed by atoms with Gasteiger partial charge in [-0.2, -0.15) is 0 Å². The lowest BCUT2D eigenvalue weighted by Gasteiger charge is -2.24. The van der Waals surface area contributed by atoms with Gasteiger partial charge in [0.25, 0.3) is 0 Å². The van der Waals surface area contributed by atoms with E-state index in [0.717, 1.165) is 22.3 Å². The Labute approximate surface area is 193 Å². The van der Waals surface area contributed by atoms with E-state index in [-0.39, 0.29) is 36.7 Å². The minimum absolute atomic E-state index is 0.0432. The van der Waals surface area contributed by atoms with Crippen molar-refractivity contribution in [2.45, 2.75) is 38.6 Å². The van der Waals surface area contributed by atoms with Gasteiger partial charge in [-0.3, -0.25) is 9.59 Å². The summed E-state index contributed by atoms with van der Waals surface area (Å²) >= 11 is 0. The summed E-state index contributed by atoms with van der Waals surface area (Å²) in [5.74, 6) is -1.05. The highest BCUT2D eigenvalue weighted by Gasteiger charge is 2.36. The highest BCUT2D eigenvalue weighted by Crippen LogP contribution is 2.44. The predicted octanol–water partition coefficient (Wildman–Crippen LogP) is 3.87. The van der Waals surface area contributed by atoms with Crippen molar-refractivity contribution in [3.05, 3.63) is 59.7 Å². The zero-order chi connectivity index (χ0) is 23.5. The number of carbonyl (C=O) groups is 3. The van der Waals surface area contributed by atoms with Gasteiger partial charge in [0.2, 0.25) is 5.91 Å². The molecule has 1 heterocycles. The molecule has 2 aromatic carbocycles.